The number of fused-ring (bicyclic) bond motifs is 3. The van der Waals surface area contributed by atoms with Gasteiger partial charge in [-0.05, 0) is 54.1 Å². The number of aromatic hydroxyl groups is 1. The van der Waals surface area contributed by atoms with Crippen molar-refractivity contribution < 1.29 is 19.0 Å². The number of phenols is 1. The molecule has 0 bridgehead atoms. The molecule has 1 aromatic heterocycles. The number of halogens is 1. The first-order valence-corrected chi connectivity index (χ1v) is 9.36. The van der Waals surface area contributed by atoms with Crippen molar-refractivity contribution in [2.75, 3.05) is 12.4 Å². The van der Waals surface area contributed by atoms with Gasteiger partial charge in [-0.2, -0.15) is 4.80 Å². The zero-order valence-electron chi connectivity index (χ0n) is 16.0. The fourth-order valence-electron chi connectivity index (χ4n) is 3.84. The molecule has 0 radical (unpaired) electrons. The van der Waals surface area contributed by atoms with Crippen molar-refractivity contribution in [2.24, 2.45) is 0 Å². The number of nitrogens with zero attached hydrogens (tertiary/aromatic N) is 3. The van der Waals surface area contributed by atoms with Crippen molar-refractivity contribution in [3.05, 3.63) is 71.5 Å². The van der Waals surface area contributed by atoms with Crippen molar-refractivity contribution in [2.45, 2.75) is 12.3 Å². The number of hydrogen-bond donors (Lipinski definition) is 2. The topological polar surface area (TPSA) is 89.3 Å². The maximum atomic E-state index is 13.3. The summed E-state index contributed by atoms with van der Waals surface area (Å²) in [6, 6.07) is 14.6. The number of anilines is 1. The summed E-state index contributed by atoms with van der Waals surface area (Å²) in [6.45, 7) is 0. The molecule has 0 unspecified atom stereocenters. The van der Waals surface area contributed by atoms with E-state index in [1.165, 1.54) is 24.0 Å². The second kappa shape index (κ2) is 6.84. The fourth-order valence-corrected chi connectivity index (χ4v) is 3.84. The Labute approximate surface area is 170 Å². The van der Waals surface area contributed by atoms with Crippen LogP contribution in [-0.2, 0) is 4.79 Å². The number of benzene rings is 3. The Bertz CT molecular complexity index is 1280. The molecule has 2 heterocycles. The first-order valence-electron chi connectivity index (χ1n) is 9.36. The van der Waals surface area contributed by atoms with Gasteiger partial charge in [0.15, 0.2) is 11.5 Å². The largest absolute Gasteiger partial charge is 0.504 e. The highest BCUT2D eigenvalue weighted by molar-refractivity contribution is 5.99. The van der Waals surface area contributed by atoms with E-state index >= 15 is 0 Å². The Kier molecular flexibility index (Phi) is 4.13. The van der Waals surface area contributed by atoms with Crippen molar-refractivity contribution in [3.8, 4) is 17.2 Å². The summed E-state index contributed by atoms with van der Waals surface area (Å²) in [5, 5.41) is 22.0. The Hall–Kier alpha value is -3.94. The van der Waals surface area contributed by atoms with Crippen LogP contribution in [0.4, 0.5) is 10.1 Å². The lowest BCUT2D eigenvalue weighted by Gasteiger charge is -2.26. The summed E-state index contributed by atoms with van der Waals surface area (Å²) in [5.74, 6) is -0.364. The molecule has 0 aliphatic carbocycles. The lowest BCUT2D eigenvalue weighted by atomic mass is 9.84. The summed E-state index contributed by atoms with van der Waals surface area (Å²) < 4.78 is 18.5. The number of phenolic OH excluding ortho intramolecular Hbond substituents is 1. The summed E-state index contributed by atoms with van der Waals surface area (Å²) in [4.78, 5) is 13.8. The van der Waals surface area contributed by atoms with Gasteiger partial charge in [-0.15, -0.1) is 10.2 Å². The average Bonchev–Trinajstić information content (AvgIpc) is 3.18. The summed E-state index contributed by atoms with van der Waals surface area (Å²) in [6.07, 6.45) is 0.226. The number of nitrogens with one attached hydrogen (secondary N) is 1. The highest BCUT2D eigenvalue weighted by atomic mass is 19.1. The monoisotopic (exact) mass is 404 g/mol. The number of ether oxygens (including phenoxy) is 1. The van der Waals surface area contributed by atoms with Crippen LogP contribution in [0.1, 0.15) is 23.5 Å². The molecule has 4 aromatic rings. The molecule has 30 heavy (non-hydrogen) atoms. The highest BCUT2D eigenvalue weighted by Gasteiger charge is 2.30. The number of carbonyl (C=O) groups is 1. The lowest BCUT2D eigenvalue weighted by Crippen LogP contribution is -2.23. The molecule has 1 aliphatic rings. The first kappa shape index (κ1) is 18.1. The van der Waals surface area contributed by atoms with Crippen molar-refractivity contribution >= 4 is 22.6 Å². The number of aromatic nitrogens is 3. The van der Waals surface area contributed by atoms with Gasteiger partial charge < -0.3 is 15.2 Å². The molecule has 3 aromatic carbocycles. The molecule has 5 rings (SSSR count). The van der Waals surface area contributed by atoms with Crippen molar-refractivity contribution in [3.63, 3.8) is 0 Å². The minimum absolute atomic E-state index is 0.0298. The number of methoxy groups -OCH3 is 1. The molecule has 1 amide bonds. The summed E-state index contributed by atoms with van der Waals surface area (Å²) >= 11 is 0. The molecule has 150 valence electrons. The minimum Gasteiger partial charge on any atom is -0.504 e. The summed E-state index contributed by atoms with van der Waals surface area (Å²) in [5.41, 5.74) is 4.27. The van der Waals surface area contributed by atoms with Crippen LogP contribution in [0.15, 0.2) is 54.6 Å². The van der Waals surface area contributed by atoms with E-state index in [1.807, 2.05) is 6.07 Å². The van der Waals surface area contributed by atoms with Crippen LogP contribution in [0.2, 0.25) is 0 Å². The van der Waals surface area contributed by atoms with Crippen LogP contribution in [0, 0.1) is 5.82 Å². The second-order valence-electron chi connectivity index (χ2n) is 7.10. The standard InChI is InChI=1S/C22H17FN4O3/c1-30-19-10-12(2-9-18(19)28)15-11-20(29)24-16-7-8-17-22(21(15)16)26-27(25-17)14-5-3-13(23)4-6-14/h2-10,15,28H,11H2,1H3,(H,24,29)/t15-/m1/s1. The van der Waals surface area contributed by atoms with Gasteiger partial charge in [0.2, 0.25) is 5.91 Å². The molecule has 7 nitrogen and oxygen atoms in total. The number of rotatable bonds is 3. The van der Waals surface area contributed by atoms with Crippen LogP contribution in [-0.4, -0.2) is 33.1 Å². The number of hydrogen-bond acceptors (Lipinski definition) is 5. The van der Waals surface area contributed by atoms with Crippen LogP contribution < -0.4 is 10.1 Å². The van der Waals surface area contributed by atoms with Crippen LogP contribution >= 0.6 is 0 Å². The predicted octanol–water partition coefficient (Wildman–Crippen LogP) is 3.75. The number of amides is 1. The van der Waals surface area contributed by atoms with Crippen molar-refractivity contribution in [1.29, 1.82) is 0 Å². The van der Waals surface area contributed by atoms with E-state index in [1.54, 1.807) is 36.4 Å². The summed E-state index contributed by atoms with van der Waals surface area (Å²) in [7, 11) is 1.48. The third kappa shape index (κ3) is 2.93. The fraction of sp³-hybridized carbons (Fsp3) is 0.136. The van der Waals surface area contributed by atoms with Gasteiger partial charge in [0.05, 0.1) is 12.8 Å². The molecule has 0 saturated heterocycles. The molecule has 0 saturated carbocycles. The zero-order valence-corrected chi connectivity index (χ0v) is 16.0. The molecule has 0 fully saturated rings. The normalized spacial score (nSPS) is 15.7. The van der Waals surface area contributed by atoms with Crippen molar-refractivity contribution in [1.82, 2.24) is 15.0 Å². The van der Waals surface area contributed by atoms with Crippen LogP contribution in [0.5, 0.6) is 11.5 Å². The van der Waals surface area contributed by atoms with E-state index in [0.29, 0.717) is 28.2 Å². The van der Waals surface area contributed by atoms with Gasteiger partial charge in [-0.25, -0.2) is 4.39 Å². The van der Waals surface area contributed by atoms with E-state index < -0.39 is 0 Å². The maximum absolute atomic E-state index is 13.3. The van der Waals surface area contributed by atoms with E-state index in [-0.39, 0.29) is 29.8 Å². The molecule has 8 heteroatoms. The maximum Gasteiger partial charge on any atom is 0.225 e. The smallest absolute Gasteiger partial charge is 0.225 e. The van der Waals surface area contributed by atoms with E-state index in [2.05, 4.69) is 15.5 Å². The Morgan fingerprint density at radius 1 is 1.13 bits per heavy atom. The Balaban J connectivity index is 1.69. The molecule has 0 spiro atoms. The molecule has 1 atom stereocenters. The van der Waals surface area contributed by atoms with Gasteiger partial charge in [-0.3, -0.25) is 4.79 Å². The molecular formula is C22H17FN4O3. The van der Waals surface area contributed by atoms with Gasteiger partial charge in [0, 0.05) is 23.6 Å². The van der Waals surface area contributed by atoms with Crippen LogP contribution in [0.25, 0.3) is 16.7 Å². The highest BCUT2D eigenvalue weighted by Crippen LogP contribution is 2.42. The minimum atomic E-state index is -0.336. The van der Waals surface area contributed by atoms with E-state index in [9.17, 15) is 14.3 Å². The number of carbonyl (C=O) groups excluding carboxylic acids is 1. The third-order valence-electron chi connectivity index (χ3n) is 5.27. The molecule has 1 aliphatic heterocycles. The third-order valence-corrected chi connectivity index (χ3v) is 5.27. The Morgan fingerprint density at radius 3 is 2.70 bits per heavy atom. The second-order valence-corrected chi connectivity index (χ2v) is 7.10. The van der Waals surface area contributed by atoms with Gasteiger partial charge in [-0.1, -0.05) is 6.07 Å². The van der Waals surface area contributed by atoms with Gasteiger partial charge in [0.1, 0.15) is 16.9 Å². The van der Waals surface area contributed by atoms with Crippen LogP contribution in [0.3, 0.4) is 0 Å². The quantitative estimate of drug-likeness (QED) is 0.543. The van der Waals surface area contributed by atoms with Gasteiger partial charge >= 0.3 is 0 Å². The molecule has 2 N–H and O–H groups in total. The Morgan fingerprint density at radius 2 is 1.93 bits per heavy atom. The SMILES string of the molecule is COc1cc([C@H]2CC(=O)Nc3ccc4nn(-c5ccc(F)cc5)nc4c32)ccc1O. The molecular weight excluding hydrogens is 387 g/mol. The predicted molar refractivity (Wildman–Crippen MR) is 109 cm³/mol. The van der Waals surface area contributed by atoms with E-state index in [0.717, 1.165) is 11.1 Å². The van der Waals surface area contributed by atoms with Gasteiger partial charge in [0.25, 0.3) is 0 Å². The first-order chi connectivity index (χ1) is 14.5. The average molecular weight is 404 g/mol. The lowest BCUT2D eigenvalue weighted by molar-refractivity contribution is -0.116. The van der Waals surface area contributed by atoms with E-state index in [4.69, 9.17) is 4.74 Å². The zero-order chi connectivity index (χ0) is 20.8.